The van der Waals surface area contributed by atoms with Crippen molar-refractivity contribution in [1.82, 2.24) is 19.7 Å². The zero-order valence-corrected chi connectivity index (χ0v) is 14.7. The number of rotatable bonds is 4. The molecule has 0 fully saturated rings. The van der Waals surface area contributed by atoms with Gasteiger partial charge in [-0.2, -0.15) is 5.10 Å². The van der Waals surface area contributed by atoms with E-state index in [1.54, 1.807) is 50.5 Å². The molecule has 1 unspecified atom stereocenters. The third-order valence-electron chi connectivity index (χ3n) is 3.02. The first-order valence-electron chi connectivity index (χ1n) is 6.25. The summed E-state index contributed by atoms with van der Waals surface area (Å²) >= 11 is 3.18. The number of halogens is 2. The largest absolute Gasteiger partial charge is 0.323 e. The van der Waals surface area contributed by atoms with Gasteiger partial charge in [-0.15, -0.1) is 12.4 Å². The summed E-state index contributed by atoms with van der Waals surface area (Å²) in [5, 5.41) is 9.79. The number of aromatic nitrogens is 3. The zero-order valence-electron chi connectivity index (χ0n) is 12.3. The molecule has 0 spiro atoms. The number of hydrogen-bond donors (Lipinski definition) is 2. The Kier molecular flexibility index (Phi) is 6.34. The first kappa shape index (κ1) is 18.4. The summed E-state index contributed by atoms with van der Waals surface area (Å²) in [4.78, 5) is 23.9. The third kappa shape index (κ3) is 3.96. The van der Waals surface area contributed by atoms with Crippen molar-refractivity contribution in [2.24, 2.45) is 14.1 Å². The molecule has 2 aromatic heterocycles. The monoisotopic (exact) mass is 389 g/mol. The maximum absolute atomic E-state index is 12.3. The zero-order chi connectivity index (χ0) is 15.6. The van der Waals surface area contributed by atoms with Crippen molar-refractivity contribution in [2.45, 2.75) is 6.04 Å². The van der Waals surface area contributed by atoms with E-state index < -0.39 is 6.04 Å². The molecule has 1 amide bonds. The lowest BCUT2D eigenvalue weighted by molar-refractivity contribution is -0.118. The van der Waals surface area contributed by atoms with E-state index in [2.05, 4.69) is 31.7 Å². The number of nitrogens with zero attached hydrogens (tertiary/aromatic N) is 3. The van der Waals surface area contributed by atoms with Crippen LogP contribution in [0.4, 0.5) is 5.69 Å². The van der Waals surface area contributed by atoms with Gasteiger partial charge in [0.15, 0.2) is 0 Å². The molecule has 2 aromatic rings. The highest BCUT2D eigenvalue weighted by molar-refractivity contribution is 9.10. The molecule has 120 valence electrons. The van der Waals surface area contributed by atoms with Crippen molar-refractivity contribution in [3.63, 3.8) is 0 Å². The van der Waals surface area contributed by atoms with E-state index in [0.717, 1.165) is 5.56 Å². The van der Waals surface area contributed by atoms with Crippen LogP contribution >= 0.6 is 28.3 Å². The van der Waals surface area contributed by atoms with E-state index >= 15 is 0 Å². The van der Waals surface area contributed by atoms with Crippen LogP contribution in [0.1, 0.15) is 11.6 Å². The first-order valence-corrected chi connectivity index (χ1v) is 7.04. The van der Waals surface area contributed by atoms with E-state index in [0.29, 0.717) is 10.2 Å². The average Bonchev–Trinajstić information content (AvgIpc) is 2.83. The van der Waals surface area contributed by atoms with E-state index in [1.807, 2.05) is 0 Å². The number of aryl methyl sites for hydroxylation is 2. The fourth-order valence-corrected chi connectivity index (χ4v) is 2.52. The van der Waals surface area contributed by atoms with Crippen LogP contribution in [-0.2, 0) is 18.9 Å². The highest BCUT2D eigenvalue weighted by Crippen LogP contribution is 2.16. The van der Waals surface area contributed by atoms with Gasteiger partial charge in [0.1, 0.15) is 6.04 Å². The van der Waals surface area contributed by atoms with E-state index in [9.17, 15) is 9.59 Å². The lowest BCUT2D eigenvalue weighted by Crippen LogP contribution is -2.31. The Morgan fingerprint density at radius 2 is 2.05 bits per heavy atom. The number of nitrogens with one attached hydrogen (secondary N) is 2. The molecule has 1 atom stereocenters. The smallest absolute Gasteiger partial charge is 0.264 e. The average molecular weight is 391 g/mol. The van der Waals surface area contributed by atoms with Gasteiger partial charge in [-0.1, -0.05) is 0 Å². The molecule has 22 heavy (non-hydrogen) atoms. The second-order valence-electron chi connectivity index (χ2n) is 4.65. The van der Waals surface area contributed by atoms with Crippen molar-refractivity contribution >= 4 is 39.9 Å². The van der Waals surface area contributed by atoms with E-state index in [-0.39, 0.29) is 23.9 Å². The Labute approximate surface area is 142 Å². The third-order valence-corrected chi connectivity index (χ3v) is 3.58. The maximum atomic E-state index is 12.3. The lowest BCUT2D eigenvalue weighted by Gasteiger charge is -2.15. The first-order chi connectivity index (χ1) is 9.92. The minimum Gasteiger partial charge on any atom is -0.323 e. The molecule has 0 aliphatic heterocycles. The molecule has 0 bridgehead atoms. The van der Waals surface area contributed by atoms with Crippen LogP contribution < -0.4 is 16.2 Å². The quantitative estimate of drug-likeness (QED) is 0.822. The normalized spacial score (nSPS) is 11.6. The fourth-order valence-electron chi connectivity index (χ4n) is 1.99. The summed E-state index contributed by atoms with van der Waals surface area (Å²) in [5.41, 5.74) is 1.14. The molecule has 0 radical (unpaired) electrons. The van der Waals surface area contributed by atoms with Crippen molar-refractivity contribution in [3.8, 4) is 0 Å². The van der Waals surface area contributed by atoms with Crippen LogP contribution in [0.5, 0.6) is 0 Å². The Balaban J connectivity index is 0.00000242. The highest BCUT2D eigenvalue weighted by atomic mass is 79.9. The molecule has 0 saturated carbocycles. The minimum atomic E-state index is -0.519. The molecular formula is C13H17BrClN5O2. The summed E-state index contributed by atoms with van der Waals surface area (Å²) in [6.07, 6.45) is 4.98. The van der Waals surface area contributed by atoms with Gasteiger partial charge in [-0.3, -0.25) is 14.3 Å². The minimum absolute atomic E-state index is 0. The number of likely N-dealkylation sites (N-methyl/N-ethyl adjacent to an activating group) is 1. The molecule has 0 aliphatic carbocycles. The second kappa shape index (κ2) is 7.57. The summed E-state index contributed by atoms with van der Waals surface area (Å²) < 4.78 is 3.43. The Hall–Kier alpha value is -1.64. The van der Waals surface area contributed by atoms with Gasteiger partial charge in [0.25, 0.3) is 5.56 Å². The summed E-state index contributed by atoms with van der Waals surface area (Å²) in [5.74, 6) is -0.226. The van der Waals surface area contributed by atoms with Crippen LogP contribution in [-0.4, -0.2) is 27.3 Å². The molecule has 9 heteroatoms. The van der Waals surface area contributed by atoms with Gasteiger partial charge < -0.3 is 15.2 Å². The van der Waals surface area contributed by atoms with E-state index in [1.165, 1.54) is 4.57 Å². The van der Waals surface area contributed by atoms with Gasteiger partial charge in [0.05, 0.1) is 16.4 Å². The Morgan fingerprint density at radius 3 is 2.55 bits per heavy atom. The number of anilines is 1. The predicted octanol–water partition coefficient (Wildman–Crippen LogP) is 1.20. The summed E-state index contributed by atoms with van der Waals surface area (Å²) in [6, 6.07) is 1.06. The van der Waals surface area contributed by atoms with Crippen LogP contribution in [0.2, 0.25) is 0 Å². The molecule has 7 nitrogen and oxygen atoms in total. The van der Waals surface area contributed by atoms with Gasteiger partial charge >= 0.3 is 0 Å². The van der Waals surface area contributed by atoms with Crippen LogP contribution in [0.3, 0.4) is 0 Å². The van der Waals surface area contributed by atoms with Gasteiger partial charge in [-0.05, 0) is 29.0 Å². The van der Waals surface area contributed by atoms with Gasteiger partial charge in [-0.25, -0.2) is 0 Å². The van der Waals surface area contributed by atoms with Crippen LogP contribution in [0.15, 0.2) is 33.9 Å². The molecule has 2 rings (SSSR count). The van der Waals surface area contributed by atoms with Crippen molar-refractivity contribution in [1.29, 1.82) is 0 Å². The molecule has 2 heterocycles. The maximum Gasteiger partial charge on any atom is 0.264 e. The van der Waals surface area contributed by atoms with E-state index in [4.69, 9.17) is 0 Å². The SMILES string of the molecule is CNC(C(=O)Nc1cc(Br)c(=O)n(C)c1)c1cnn(C)c1.Cl. The Bertz CT molecular complexity index is 701. The molecule has 0 aliphatic rings. The van der Waals surface area contributed by atoms with Crippen molar-refractivity contribution in [2.75, 3.05) is 12.4 Å². The van der Waals surface area contributed by atoms with Gasteiger partial charge in [0.2, 0.25) is 5.91 Å². The molecule has 2 N–H and O–H groups in total. The topological polar surface area (TPSA) is 81.0 Å². The highest BCUT2D eigenvalue weighted by Gasteiger charge is 2.20. The predicted molar refractivity (Wildman–Crippen MR) is 90.3 cm³/mol. The van der Waals surface area contributed by atoms with Crippen molar-refractivity contribution in [3.05, 3.63) is 45.0 Å². The van der Waals surface area contributed by atoms with Crippen molar-refractivity contribution < 1.29 is 4.79 Å². The molecule has 0 aromatic carbocycles. The standard InChI is InChI=1S/C13H16BrN5O2.ClH/c1-15-11(8-5-16-19(3)6-8)12(20)17-9-4-10(14)13(21)18(2)7-9;/h4-7,11,15H,1-3H3,(H,17,20);1H. The number of hydrogen-bond acceptors (Lipinski definition) is 4. The van der Waals surface area contributed by atoms with Crippen LogP contribution in [0, 0.1) is 0 Å². The number of amides is 1. The number of pyridine rings is 1. The summed E-state index contributed by atoms with van der Waals surface area (Å²) in [7, 11) is 5.12. The number of carbonyl (C=O) groups is 1. The molecule has 0 saturated heterocycles. The molecular weight excluding hydrogens is 374 g/mol. The number of carbonyl (C=O) groups excluding carboxylic acids is 1. The Morgan fingerprint density at radius 1 is 1.36 bits per heavy atom. The van der Waals surface area contributed by atoms with Crippen LogP contribution in [0.25, 0.3) is 0 Å². The summed E-state index contributed by atoms with van der Waals surface area (Å²) in [6.45, 7) is 0. The lowest BCUT2D eigenvalue weighted by atomic mass is 10.1. The second-order valence-corrected chi connectivity index (χ2v) is 5.51. The van der Waals surface area contributed by atoms with Gasteiger partial charge in [0, 0.05) is 32.1 Å². The fraction of sp³-hybridized carbons (Fsp3) is 0.308.